The first kappa shape index (κ1) is 9.42. The lowest BCUT2D eigenvalue weighted by Crippen LogP contribution is -2.15. The third-order valence-corrected chi connectivity index (χ3v) is 4.45. The summed E-state index contributed by atoms with van der Waals surface area (Å²) < 4.78 is 6.55. The molecular weight excluding hydrogens is 276 g/mol. The van der Waals surface area contributed by atoms with Gasteiger partial charge in [-0.25, -0.2) is 4.98 Å². The maximum Gasteiger partial charge on any atom is 0.180 e. The lowest BCUT2D eigenvalue weighted by atomic mass is 10.0. The molecule has 1 atom stereocenters. The molecule has 0 saturated heterocycles. The Morgan fingerprint density at radius 1 is 1.67 bits per heavy atom. The fourth-order valence-corrected chi connectivity index (χ4v) is 3.64. The summed E-state index contributed by atoms with van der Waals surface area (Å²) >= 11 is 5.29. The molecule has 0 spiro atoms. The predicted molar refractivity (Wildman–Crippen MR) is 63.6 cm³/mol. The molecule has 0 N–H and O–H groups in total. The Labute approximate surface area is 99.9 Å². The molecule has 3 rings (SSSR count). The molecule has 78 valence electrons. The zero-order valence-electron chi connectivity index (χ0n) is 8.11. The average Bonchev–Trinajstić information content (AvgIpc) is 2.85. The van der Waals surface area contributed by atoms with Gasteiger partial charge in [-0.15, -0.1) is 11.3 Å². The summed E-state index contributed by atoms with van der Waals surface area (Å²) in [6.45, 7) is 0.976. The van der Waals surface area contributed by atoms with Crippen LogP contribution < -0.4 is 4.90 Å². The smallest absolute Gasteiger partial charge is 0.180 e. The van der Waals surface area contributed by atoms with Gasteiger partial charge in [0.05, 0.1) is 20.9 Å². The normalized spacial score (nSPS) is 19.6. The predicted octanol–water partition coefficient (Wildman–Crippen LogP) is 3.08. The molecule has 0 aliphatic carbocycles. The first-order chi connectivity index (χ1) is 7.25. The molecule has 0 aromatic carbocycles. The van der Waals surface area contributed by atoms with Crippen LogP contribution in [-0.2, 0) is 0 Å². The molecule has 1 aliphatic rings. The monoisotopic (exact) mass is 284 g/mol. The van der Waals surface area contributed by atoms with Gasteiger partial charge in [-0.3, -0.25) is 0 Å². The van der Waals surface area contributed by atoms with Crippen LogP contribution in [0.5, 0.6) is 0 Å². The minimum absolute atomic E-state index is 0.329. The van der Waals surface area contributed by atoms with E-state index in [-0.39, 0.29) is 0 Å². The highest BCUT2D eigenvalue weighted by Gasteiger charge is 2.31. The summed E-state index contributed by atoms with van der Waals surface area (Å²) in [7, 11) is 2.11. The van der Waals surface area contributed by atoms with E-state index in [0.717, 1.165) is 12.3 Å². The molecule has 3 heterocycles. The van der Waals surface area contributed by atoms with Crippen LogP contribution in [0.3, 0.4) is 0 Å². The number of fused-ring (bicyclic) bond motifs is 1. The summed E-state index contributed by atoms with van der Waals surface area (Å²) in [5.41, 5.74) is 1.34. The highest BCUT2D eigenvalue weighted by atomic mass is 79.9. The Morgan fingerprint density at radius 2 is 2.53 bits per heavy atom. The van der Waals surface area contributed by atoms with E-state index in [0.29, 0.717) is 5.92 Å². The number of likely N-dealkylation sites (N-methyl/N-ethyl adjacent to an activating group) is 1. The molecule has 1 unspecified atom stereocenters. The molecule has 0 saturated carbocycles. The van der Waals surface area contributed by atoms with E-state index in [1.54, 1.807) is 17.5 Å². The van der Waals surface area contributed by atoms with Crippen molar-refractivity contribution in [2.24, 2.45) is 0 Å². The molecule has 3 nitrogen and oxygen atoms in total. The Bertz CT molecular complexity index is 480. The Morgan fingerprint density at radius 3 is 3.27 bits per heavy atom. The van der Waals surface area contributed by atoms with Crippen LogP contribution in [0.4, 0.5) is 5.00 Å². The third-order valence-electron chi connectivity index (χ3n) is 2.68. The Balaban J connectivity index is 2.08. The highest BCUT2D eigenvalue weighted by Crippen LogP contribution is 2.46. The van der Waals surface area contributed by atoms with Crippen molar-refractivity contribution in [3.05, 3.63) is 33.8 Å². The van der Waals surface area contributed by atoms with Crippen LogP contribution in [-0.4, -0.2) is 18.6 Å². The van der Waals surface area contributed by atoms with Crippen molar-refractivity contribution in [2.75, 3.05) is 18.5 Å². The first-order valence-electron chi connectivity index (χ1n) is 4.64. The van der Waals surface area contributed by atoms with Gasteiger partial charge in [-0.2, -0.15) is 0 Å². The van der Waals surface area contributed by atoms with Crippen LogP contribution in [0.25, 0.3) is 0 Å². The molecule has 5 heteroatoms. The van der Waals surface area contributed by atoms with Crippen LogP contribution in [0.2, 0.25) is 0 Å². The van der Waals surface area contributed by atoms with Gasteiger partial charge >= 0.3 is 0 Å². The van der Waals surface area contributed by atoms with Crippen molar-refractivity contribution in [3.8, 4) is 0 Å². The van der Waals surface area contributed by atoms with Gasteiger partial charge in [-0.1, -0.05) is 0 Å². The van der Waals surface area contributed by atoms with Gasteiger partial charge < -0.3 is 9.32 Å². The summed E-state index contributed by atoms with van der Waals surface area (Å²) in [6, 6.07) is 2.18. The minimum Gasteiger partial charge on any atom is -0.448 e. The van der Waals surface area contributed by atoms with E-state index in [4.69, 9.17) is 4.42 Å². The number of hydrogen-bond acceptors (Lipinski definition) is 4. The lowest BCUT2D eigenvalue weighted by molar-refractivity contribution is 0.487. The fourth-order valence-electron chi connectivity index (χ4n) is 2.01. The largest absolute Gasteiger partial charge is 0.448 e. The molecule has 0 radical (unpaired) electrons. The van der Waals surface area contributed by atoms with Gasteiger partial charge in [0.1, 0.15) is 5.76 Å². The van der Waals surface area contributed by atoms with Crippen LogP contribution in [0.15, 0.2) is 26.9 Å². The number of hydrogen-bond donors (Lipinski definition) is 0. The molecule has 15 heavy (non-hydrogen) atoms. The third kappa shape index (κ3) is 1.41. The lowest BCUT2D eigenvalue weighted by Gasteiger charge is -2.10. The Hall–Kier alpha value is -0.810. The summed E-state index contributed by atoms with van der Waals surface area (Å²) in [6.07, 6.45) is 3.30. The van der Waals surface area contributed by atoms with E-state index < -0.39 is 0 Å². The summed E-state index contributed by atoms with van der Waals surface area (Å²) in [5.74, 6) is 1.28. The zero-order valence-corrected chi connectivity index (χ0v) is 10.5. The standard InChI is InChI=1S/C10H9BrN2OS/c1-13-4-7(8-3-12-5-14-8)6-2-9(11)15-10(6)13/h2-3,5,7H,4H2,1H3. The highest BCUT2D eigenvalue weighted by molar-refractivity contribution is 9.11. The fraction of sp³-hybridized carbons (Fsp3) is 0.300. The molecule has 0 fully saturated rings. The molecular formula is C10H9BrN2OS. The maximum absolute atomic E-state index is 5.38. The van der Waals surface area contributed by atoms with Gasteiger partial charge in [0.2, 0.25) is 0 Å². The van der Waals surface area contributed by atoms with E-state index in [1.807, 2.05) is 0 Å². The molecule has 0 amide bonds. The van der Waals surface area contributed by atoms with Crippen molar-refractivity contribution >= 4 is 32.3 Å². The molecule has 1 aliphatic heterocycles. The number of rotatable bonds is 1. The number of aromatic nitrogens is 1. The molecule has 2 aromatic heterocycles. The van der Waals surface area contributed by atoms with Gasteiger partial charge in [0.15, 0.2) is 6.39 Å². The topological polar surface area (TPSA) is 29.3 Å². The van der Waals surface area contributed by atoms with E-state index >= 15 is 0 Å². The number of oxazole rings is 1. The van der Waals surface area contributed by atoms with Crippen LogP contribution in [0.1, 0.15) is 17.2 Å². The second-order valence-electron chi connectivity index (χ2n) is 3.65. The second kappa shape index (κ2) is 3.35. The van der Waals surface area contributed by atoms with Crippen molar-refractivity contribution < 1.29 is 4.42 Å². The van der Waals surface area contributed by atoms with E-state index in [9.17, 15) is 0 Å². The molecule has 2 aromatic rings. The van der Waals surface area contributed by atoms with Gasteiger partial charge in [0.25, 0.3) is 0 Å². The quantitative estimate of drug-likeness (QED) is 0.806. The van der Waals surface area contributed by atoms with Crippen molar-refractivity contribution in [3.63, 3.8) is 0 Å². The van der Waals surface area contributed by atoms with E-state index in [2.05, 4.69) is 38.9 Å². The zero-order chi connectivity index (χ0) is 10.4. The van der Waals surface area contributed by atoms with Crippen molar-refractivity contribution in [1.29, 1.82) is 0 Å². The molecule has 0 bridgehead atoms. The number of anilines is 1. The Kier molecular flexibility index (Phi) is 2.10. The first-order valence-corrected chi connectivity index (χ1v) is 6.25. The van der Waals surface area contributed by atoms with Gasteiger partial charge in [-0.05, 0) is 22.0 Å². The van der Waals surface area contributed by atoms with Crippen molar-refractivity contribution in [2.45, 2.75) is 5.92 Å². The summed E-state index contributed by atoms with van der Waals surface area (Å²) in [5, 5.41) is 1.32. The number of nitrogens with zero attached hydrogens (tertiary/aromatic N) is 2. The number of halogens is 1. The second-order valence-corrected chi connectivity index (χ2v) is 6.06. The van der Waals surface area contributed by atoms with Crippen molar-refractivity contribution in [1.82, 2.24) is 4.98 Å². The average molecular weight is 285 g/mol. The van der Waals surface area contributed by atoms with E-state index in [1.165, 1.54) is 20.7 Å². The maximum atomic E-state index is 5.38. The SMILES string of the molecule is CN1CC(c2cnco2)c2cc(Br)sc21. The summed E-state index contributed by atoms with van der Waals surface area (Å²) in [4.78, 5) is 6.24. The van der Waals surface area contributed by atoms with Gasteiger partial charge in [0, 0.05) is 19.2 Å². The van der Waals surface area contributed by atoms with Crippen LogP contribution >= 0.6 is 27.3 Å². The van der Waals surface area contributed by atoms with Crippen LogP contribution in [0, 0.1) is 0 Å². The minimum atomic E-state index is 0.329. The number of thiophene rings is 1.